The van der Waals surface area contributed by atoms with E-state index >= 15 is 0 Å². The highest BCUT2D eigenvalue weighted by atomic mass is 79.9. The van der Waals surface area contributed by atoms with Gasteiger partial charge < -0.3 is 9.73 Å². The molecule has 0 aliphatic carbocycles. The summed E-state index contributed by atoms with van der Waals surface area (Å²) in [4.78, 5) is 0. The normalized spacial score (nSPS) is 12.6. The maximum Gasteiger partial charge on any atom is 0.169 e. The Morgan fingerprint density at radius 3 is 2.63 bits per heavy atom. The van der Waals surface area contributed by atoms with Gasteiger partial charge in [-0.3, -0.25) is 0 Å². The second-order valence-corrected chi connectivity index (χ2v) is 5.56. The SMILES string of the molecule is CCCNC(Cc1ccccc1C)c1ccc(Br)o1. The molecule has 0 saturated heterocycles. The van der Waals surface area contributed by atoms with Crippen LogP contribution >= 0.6 is 15.9 Å². The standard InChI is InChI=1S/C16H20BrNO/c1-3-10-18-14(15-8-9-16(17)19-15)11-13-7-5-4-6-12(13)2/h4-9,14,18H,3,10-11H2,1-2H3. The Bertz CT molecular complexity index is 521. The number of nitrogens with one attached hydrogen (secondary N) is 1. The number of aryl methyl sites for hydroxylation is 1. The number of hydrogen-bond acceptors (Lipinski definition) is 2. The van der Waals surface area contributed by atoms with Crippen LogP contribution in [0.25, 0.3) is 0 Å². The predicted octanol–water partition coefficient (Wildman–Crippen LogP) is 4.63. The first kappa shape index (κ1) is 14.4. The highest BCUT2D eigenvalue weighted by Gasteiger charge is 2.16. The molecule has 0 amide bonds. The van der Waals surface area contributed by atoms with Crippen molar-refractivity contribution in [1.29, 1.82) is 0 Å². The third-order valence-electron chi connectivity index (χ3n) is 3.26. The third kappa shape index (κ3) is 3.95. The topological polar surface area (TPSA) is 25.2 Å². The van der Waals surface area contributed by atoms with Crippen molar-refractivity contribution in [3.05, 3.63) is 58.0 Å². The molecule has 1 atom stereocenters. The minimum Gasteiger partial charge on any atom is -0.453 e. The Morgan fingerprint density at radius 1 is 1.21 bits per heavy atom. The fourth-order valence-corrected chi connectivity index (χ4v) is 2.49. The lowest BCUT2D eigenvalue weighted by Crippen LogP contribution is -2.24. The molecule has 0 saturated carbocycles. The zero-order valence-corrected chi connectivity index (χ0v) is 13.0. The van der Waals surface area contributed by atoms with Crippen LogP contribution in [0.4, 0.5) is 0 Å². The van der Waals surface area contributed by atoms with Crippen LogP contribution in [0.2, 0.25) is 0 Å². The summed E-state index contributed by atoms with van der Waals surface area (Å²) in [5, 5.41) is 3.56. The molecule has 1 aromatic heterocycles. The van der Waals surface area contributed by atoms with Gasteiger partial charge in [0.2, 0.25) is 0 Å². The number of rotatable bonds is 6. The lowest BCUT2D eigenvalue weighted by molar-refractivity contribution is 0.399. The van der Waals surface area contributed by atoms with Crippen LogP contribution in [0.15, 0.2) is 45.5 Å². The number of hydrogen-bond donors (Lipinski definition) is 1. The van der Waals surface area contributed by atoms with Crippen molar-refractivity contribution in [1.82, 2.24) is 5.32 Å². The van der Waals surface area contributed by atoms with Crippen LogP contribution in [0, 0.1) is 6.92 Å². The lowest BCUT2D eigenvalue weighted by Gasteiger charge is -2.17. The van der Waals surface area contributed by atoms with E-state index in [1.54, 1.807) is 0 Å². The van der Waals surface area contributed by atoms with E-state index in [-0.39, 0.29) is 6.04 Å². The van der Waals surface area contributed by atoms with E-state index in [0.717, 1.165) is 29.8 Å². The summed E-state index contributed by atoms with van der Waals surface area (Å²) in [6.45, 7) is 5.33. The molecule has 0 fully saturated rings. The maximum atomic E-state index is 5.71. The molecule has 0 aliphatic rings. The van der Waals surface area contributed by atoms with Crippen molar-refractivity contribution in [3.63, 3.8) is 0 Å². The molecule has 19 heavy (non-hydrogen) atoms. The second-order valence-electron chi connectivity index (χ2n) is 4.78. The second kappa shape index (κ2) is 6.92. The first-order valence-corrected chi connectivity index (χ1v) is 7.53. The van der Waals surface area contributed by atoms with Crippen LogP contribution in [-0.2, 0) is 6.42 Å². The number of halogens is 1. The largest absolute Gasteiger partial charge is 0.453 e. The Kier molecular flexibility index (Phi) is 5.23. The fourth-order valence-electron chi connectivity index (χ4n) is 2.17. The van der Waals surface area contributed by atoms with Crippen molar-refractivity contribution < 1.29 is 4.42 Å². The molecule has 0 aliphatic heterocycles. The molecule has 1 unspecified atom stereocenters. The molecular weight excluding hydrogens is 302 g/mol. The monoisotopic (exact) mass is 321 g/mol. The zero-order valence-electron chi connectivity index (χ0n) is 11.4. The minimum atomic E-state index is 0.229. The summed E-state index contributed by atoms with van der Waals surface area (Å²) in [7, 11) is 0. The van der Waals surface area contributed by atoms with Crippen molar-refractivity contribution in [2.45, 2.75) is 32.7 Å². The van der Waals surface area contributed by atoms with Gasteiger partial charge in [0.15, 0.2) is 4.67 Å². The van der Waals surface area contributed by atoms with Gasteiger partial charge in [-0.1, -0.05) is 31.2 Å². The van der Waals surface area contributed by atoms with E-state index in [0.29, 0.717) is 0 Å². The Morgan fingerprint density at radius 2 is 2.00 bits per heavy atom. The van der Waals surface area contributed by atoms with Crippen LogP contribution < -0.4 is 5.32 Å². The summed E-state index contributed by atoms with van der Waals surface area (Å²) in [6, 6.07) is 12.7. The molecule has 0 bridgehead atoms. The van der Waals surface area contributed by atoms with Crippen LogP contribution in [0.1, 0.15) is 36.3 Å². The van der Waals surface area contributed by atoms with Crippen LogP contribution in [0.3, 0.4) is 0 Å². The summed E-state index contributed by atoms with van der Waals surface area (Å²) in [5.41, 5.74) is 2.69. The van der Waals surface area contributed by atoms with E-state index in [2.05, 4.69) is 59.4 Å². The zero-order chi connectivity index (χ0) is 13.7. The molecule has 2 nitrogen and oxygen atoms in total. The highest BCUT2D eigenvalue weighted by Crippen LogP contribution is 2.24. The van der Waals surface area contributed by atoms with Crippen molar-refractivity contribution in [2.75, 3.05) is 6.54 Å². The van der Waals surface area contributed by atoms with E-state index in [1.807, 2.05) is 12.1 Å². The first-order valence-electron chi connectivity index (χ1n) is 6.74. The van der Waals surface area contributed by atoms with E-state index in [1.165, 1.54) is 11.1 Å². The van der Waals surface area contributed by atoms with Gasteiger partial charge in [0.25, 0.3) is 0 Å². The summed E-state index contributed by atoms with van der Waals surface area (Å²) < 4.78 is 6.50. The van der Waals surface area contributed by atoms with Crippen LogP contribution in [0.5, 0.6) is 0 Å². The summed E-state index contributed by atoms with van der Waals surface area (Å²) in [6.07, 6.45) is 2.07. The van der Waals surface area contributed by atoms with Gasteiger partial charge in [-0.15, -0.1) is 0 Å². The molecule has 3 heteroatoms. The quantitative estimate of drug-likeness (QED) is 0.838. The predicted molar refractivity (Wildman–Crippen MR) is 82.3 cm³/mol. The lowest BCUT2D eigenvalue weighted by atomic mass is 9.99. The maximum absolute atomic E-state index is 5.71. The summed E-state index contributed by atoms with van der Waals surface area (Å²) in [5.74, 6) is 0.989. The molecule has 102 valence electrons. The summed E-state index contributed by atoms with van der Waals surface area (Å²) >= 11 is 3.37. The molecule has 0 radical (unpaired) electrons. The third-order valence-corrected chi connectivity index (χ3v) is 3.69. The van der Waals surface area contributed by atoms with Crippen molar-refractivity contribution in [3.8, 4) is 0 Å². The van der Waals surface area contributed by atoms with Crippen molar-refractivity contribution >= 4 is 15.9 Å². The van der Waals surface area contributed by atoms with E-state index in [9.17, 15) is 0 Å². The molecule has 1 aromatic carbocycles. The van der Waals surface area contributed by atoms with Gasteiger partial charge in [-0.25, -0.2) is 0 Å². The first-order chi connectivity index (χ1) is 9.20. The molecule has 1 heterocycles. The van der Waals surface area contributed by atoms with Gasteiger partial charge in [0, 0.05) is 0 Å². The van der Waals surface area contributed by atoms with Gasteiger partial charge in [0.1, 0.15) is 5.76 Å². The van der Waals surface area contributed by atoms with Gasteiger partial charge in [0.05, 0.1) is 6.04 Å². The minimum absolute atomic E-state index is 0.229. The number of furan rings is 1. The van der Waals surface area contributed by atoms with Gasteiger partial charge in [-0.05, 0) is 65.5 Å². The molecule has 1 N–H and O–H groups in total. The Labute approximate surface area is 123 Å². The van der Waals surface area contributed by atoms with E-state index < -0.39 is 0 Å². The molecular formula is C16H20BrNO. The van der Waals surface area contributed by atoms with E-state index in [4.69, 9.17) is 4.42 Å². The smallest absolute Gasteiger partial charge is 0.169 e. The molecule has 2 aromatic rings. The fraction of sp³-hybridized carbons (Fsp3) is 0.375. The number of benzene rings is 1. The van der Waals surface area contributed by atoms with Gasteiger partial charge in [-0.2, -0.15) is 0 Å². The molecule has 0 spiro atoms. The van der Waals surface area contributed by atoms with Crippen LogP contribution in [-0.4, -0.2) is 6.54 Å². The van der Waals surface area contributed by atoms with Crippen molar-refractivity contribution in [2.24, 2.45) is 0 Å². The average Bonchev–Trinajstić information content (AvgIpc) is 2.83. The average molecular weight is 322 g/mol. The highest BCUT2D eigenvalue weighted by molar-refractivity contribution is 9.10. The Balaban J connectivity index is 2.16. The Hall–Kier alpha value is -1.06. The van der Waals surface area contributed by atoms with Gasteiger partial charge >= 0.3 is 0 Å². The molecule has 2 rings (SSSR count).